The fourth-order valence-corrected chi connectivity index (χ4v) is 1.81. The average Bonchev–Trinajstić information content (AvgIpc) is 2.20. The van der Waals surface area contributed by atoms with Crippen LogP contribution in [0.2, 0.25) is 0 Å². The number of rotatable bonds is 2. The van der Waals surface area contributed by atoms with E-state index in [1.54, 1.807) is 12.3 Å². The molecule has 80 valence electrons. The second-order valence-corrected chi connectivity index (χ2v) is 4.37. The lowest BCUT2D eigenvalue weighted by molar-refractivity contribution is -0.123. The monoisotopic (exact) mass is 290 g/mol. The first-order chi connectivity index (χ1) is 7.20. The lowest BCUT2D eigenvalue weighted by Gasteiger charge is -2.24. The van der Waals surface area contributed by atoms with Crippen LogP contribution < -0.4 is 10.1 Å². The van der Waals surface area contributed by atoms with Gasteiger partial charge >= 0.3 is 0 Å². The molecule has 0 fully saturated rings. The molecule has 1 amide bonds. The summed E-state index contributed by atoms with van der Waals surface area (Å²) in [6.07, 6.45) is 1.56. The molecule has 1 atom stereocenters. The van der Waals surface area contributed by atoms with Gasteiger partial charge in [0.1, 0.15) is 0 Å². The van der Waals surface area contributed by atoms with E-state index in [1.165, 1.54) is 0 Å². The van der Waals surface area contributed by atoms with E-state index in [9.17, 15) is 4.79 Å². The summed E-state index contributed by atoms with van der Waals surface area (Å²) >= 11 is 8.86. The topological polar surface area (TPSA) is 51.2 Å². The Morgan fingerprint density at radius 3 is 3.20 bits per heavy atom. The largest absolute Gasteiger partial charge is 0.477 e. The lowest BCUT2D eigenvalue weighted by Crippen LogP contribution is -2.37. The fourth-order valence-electron chi connectivity index (χ4n) is 1.30. The van der Waals surface area contributed by atoms with Gasteiger partial charge in [0, 0.05) is 23.0 Å². The number of aromatic nitrogens is 1. The van der Waals surface area contributed by atoms with E-state index in [2.05, 4.69) is 26.2 Å². The number of carbonyl (C=O) groups excluding carboxylic acids is 1. The number of nitrogens with one attached hydrogen (secondary N) is 1. The maximum Gasteiger partial charge on any atom is 0.266 e. The summed E-state index contributed by atoms with van der Waals surface area (Å²) in [6.45, 7) is 0. The van der Waals surface area contributed by atoms with Crippen LogP contribution in [0.25, 0.3) is 0 Å². The van der Waals surface area contributed by atoms with Gasteiger partial charge in [-0.2, -0.15) is 0 Å². The van der Waals surface area contributed by atoms with Crippen molar-refractivity contribution in [1.82, 2.24) is 4.98 Å². The van der Waals surface area contributed by atoms with Gasteiger partial charge in [-0.25, -0.2) is 4.98 Å². The van der Waals surface area contributed by atoms with Crippen molar-refractivity contribution in [3.63, 3.8) is 0 Å². The maximum absolute atomic E-state index is 11.5. The number of ether oxygens (including phenoxy) is 1. The highest BCUT2D eigenvalue weighted by Crippen LogP contribution is 2.30. The Kier molecular flexibility index (Phi) is 3.11. The minimum Gasteiger partial charge on any atom is -0.477 e. The van der Waals surface area contributed by atoms with Gasteiger partial charge in [-0.3, -0.25) is 4.79 Å². The SMILES string of the molecule is O=C1Nc2ncc(Br)cc2OC1CCCl. The quantitative estimate of drug-likeness (QED) is 0.850. The third-order valence-electron chi connectivity index (χ3n) is 1.99. The van der Waals surface area contributed by atoms with Gasteiger partial charge in [0.2, 0.25) is 0 Å². The molecule has 0 bridgehead atoms. The Morgan fingerprint density at radius 2 is 2.47 bits per heavy atom. The Bertz CT molecular complexity index is 400. The summed E-state index contributed by atoms with van der Waals surface area (Å²) in [6, 6.07) is 1.77. The van der Waals surface area contributed by atoms with Crippen molar-refractivity contribution in [3.8, 4) is 5.75 Å². The van der Waals surface area contributed by atoms with Gasteiger partial charge in [-0.15, -0.1) is 11.6 Å². The third kappa shape index (κ3) is 2.23. The molecule has 0 spiro atoms. The van der Waals surface area contributed by atoms with Crippen LogP contribution in [-0.4, -0.2) is 22.9 Å². The molecule has 1 aliphatic rings. The Hall–Kier alpha value is -0.810. The number of alkyl halides is 1. The summed E-state index contributed by atoms with van der Waals surface area (Å²) in [5.41, 5.74) is 0. The molecule has 1 N–H and O–H groups in total. The van der Waals surface area contributed by atoms with Crippen LogP contribution in [0.1, 0.15) is 6.42 Å². The number of carbonyl (C=O) groups is 1. The first-order valence-electron chi connectivity index (χ1n) is 4.39. The van der Waals surface area contributed by atoms with Crippen LogP contribution >= 0.6 is 27.5 Å². The molecular formula is C9H8BrClN2O2. The van der Waals surface area contributed by atoms with Crippen molar-refractivity contribution in [2.75, 3.05) is 11.2 Å². The van der Waals surface area contributed by atoms with Crippen molar-refractivity contribution in [1.29, 1.82) is 0 Å². The number of fused-ring (bicyclic) bond motifs is 1. The highest BCUT2D eigenvalue weighted by atomic mass is 79.9. The number of anilines is 1. The van der Waals surface area contributed by atoms with E-state index >= 15 is 0 Å². The molecular weight excluding hydrogens is 283 g/mol. The predicted molar refractivity (Wildman–Crippen MR) is 60.3 cm³/mol. The van der Waals surface area contributed by atoms with Crippen molar-refractivity contribution in [3.05, 3.63) is 16.7 Å². The van der Waals surface area contributed by atoms with Crippen LogP contribution in [0.4, 0.5) is 5.82 Å². The second kappa shape index (κ2) is 4.37. The molecule has 0 aromatic carbocycles. The van der Waals surface area contributed by atoms with E-state index in [0.29, 0.717) is 23.9 Å². The molecule has 1 unspecified atom stereocenters. The van der Waals surface area contributed by atoms with Gasteiger partial charge in [-0.05, 0) is 22.0 Å². The van der Waals surface area contributed by atoms with Crippen molar-refractivity contribution < 1.29 is 9.53 Å². The predicted octanol–water partition coefficient (Wildman–Crippen LogP) is 2.17. The standard InChI is InChI=1S/C9H8BrClN2O2/c10-5-3-7-8(12-4-5)13-9(14)6(15-7)1-2-11/h3-4,6H,1-2H2,(H,12,13,14). The van der Waals surface area contributed by atoms with Crippen LogP contribution in [0.3, 0.4) is 0 Å². The molecule has 1 aliphatic heterocycles. The van der Waals surface area contributed by atoms with E-state index in [4.69, 9.17) is 16.3 Å². The van der Waals surface area contributed by atoms with Crippen LogP contribution in [-0.2, 0) is 4.79 Å². The van der Waals surface area contributed by atoms with Crippen molar-refractivity contribution in [2.45, 2.75) is 12.5 Å². The normalized spacial score (nSPS) is 19.1. The third-order valence-corrected chi connectivity index (χ3v) is 2.65. The van der Waals surface area contributed by atoms with Crippen molar-refractivity contribution in [2.24, 2.45) is 0 Å². The number of halogens is 2. The van der Waals surface area contributed by atoms with E-state index in [-0.39, 0.29) is 5.91 Å². The fraction of sp³-hybridized carbons (Fsp3) is 0.333. The van der Waals surface area contributed by atoms with Crippen LogP contribution in [0.5, 0.6) is 5.75 Å². The number of pyridine rings is 1. The van der Waals surface area contributed by atoms with Gasteiger partial charge in [0.05, 0.1) is 0 Å². The first kappa shape index (κ1) is 10.7. The smallest absolute Gasteiger partial charge is 0.266 e. The van der Waals surface area contributed by atoms with E-state index in [1.807, 2.05) is 0 Å². The Morgan fingerprint density at radius 1 is 1.67 bits per heavy atom. The molecule has 1 aromatic rings. The van der Waals surface area contributed by atoms with Gasteiger partial charge in [0.15, 0.2) is 17.7 Å². The molecule has 4 nitrogen and oxygen atoms in total. The molecule has 0 saturated heterocycles. The maximum atomic E-state index is 11.5. The Balaban J connectivity index is 2.26. The molecule has 6 heteroatoms. The molecule has 0 aliphatic carbocycles. The highest BCUT2D eigenvalue weighted by Gasteiger charge is 2.27. The van der Waals surface area contributed by atoms with Crippen molar-refractivity contribution >= 4 is 39.3 Å². The highest BCUT2D eigenvalue weighted by molar-refractivity contribution is 9.10. The minimum atomic E-state index is -0.522. The molecule has 2 rings (SSSR count). The zero-order valence-electron chi connectivity index (χ0n) is 7.67. The number of hydrogen-bond donors (Lipinski definition) is 1. The first-order valence-corrected chi connectivity index (χ1v) is 5.72. The molecule has 0 saturated carbocycles. The number of hydrogen-bond acceptors (Lipinski definition) is 3. The molecule has 1 aromatic heterocycles. The zero-order valence-corrected chi connectivity index (χ0v) is 10.0. The Labute approximate surface area is 100 Å². The van der Waals surface area contributed by atoms with E-state index in [0.717, 1.165) is 4.47 Å². The second-order valence-electron chi connectivity index (χ2n) is 3.07. The van der Waals surface area contributed by atoms with Gasteiger partial charge in [0.25, 0.3) is 5.91 Å². The molecule has 15 heavy (non-hydrogen) atoms. The average molecular weight is 292 g/mol. The van der Waals surface area contributed by atoms with Gasteiger partial charge < -0.3 is 10.1 Å². The summed E-state index contributed by atoms with van der Waals surface area (Å²) in [5, 5.41) is 2.67. The summed E-state index contributed by atoms with van der Waals surface area (Å²) in [5.74, 6) is 1.21. The van der Waals surface area contributed by atoms with Gasteiger partial charge in [-0.1, -0.05) is 0 Å². The summed E-state index contributed by atoms with van der Waals surface area (Å²) in [4.78, 5) is 15.5. The lowest BCUT2D eigenvalue weighted by atomic mass is 10.2. The van der Waals surface area contributed by atoms with Crippen LogP contribution in [0, 0.1) is 0 Å². The van der Waals surface area contributed by atoms with E-state index < -0.39 is 6.10 Å². The summed E-state index contributed by atoms with van der Waals surface area (Å²) < 4.78 is 6.28. The number of amides is 1. The molecule has 2 heterocycles. The minimum absolute atomic E-state index is 0.196. The molecule has 0 radical (unpaired) electrons. The van der Waals surface area contributed by atoms with Crippen LogP contribution in [0.15, 0.2) is 16.7 Å². The number of nitrogens with zero attached hydrogens (tertiary/aromatic N) is 1. The summed E-state index contributed by atoms with van der Waals surface area (Å²) in [7, 11) is 0. The zero-order chi connectivity index (χ0) is 10.8.